The van der Waals surface area contributed by atoms with Crippen LogP contribution in [-0.4, -0.2) is 52.2 Å². The lowest BCUT2D eigenvalue weighted by Crippen LogP contribution is -2.53. The van der Waals surface area contributed by atoms with Gasteiger partial charge in [0.25, 0.3) is 5.84 Å². The number of amidine groups is 1. The van der Waals surface area contributed by atoms with Crippen molar-refractivity contribution in [1.82, 2.24) is 14.9 Å². The molecule has 1 aromatic carbocycles. The zero-order valence-corrected chi connectivity index (χ0v) is 20.4. The number of fused-ring (bicyclic) bond motifs is 2. The van der Waals surface area contributed by atoms with E-state index in [4.69, 9.17) is 15.8 Å². The van der Waals surface area contributed by atoms with E-state index in [1.807, 2.05) is 30.6 Å². The molecule has 2 aromatic heterocycles. The van der Waals surface area contributed by atoms with Crippen LogP contribution < -0.4 is 5.84 Å². The molecule has 0 saturated heterocycles. The number of quaternary nitrogens is 1. The highest BCUT2D eigenvalue weighted by atomic mass is 15.6. The number of pyridine rings is 2. The van der Waals surface area contributed by atoms with Gasteiger partial charge in [0.05, 0.1) is 34.9 Å². The molecular formula is C28H30N7+. The Kier molecular flexibility index (Phi) is 5.21. The highest BCUT2D eigenvalue weighted by molar-refractivity contribution is 6.03. The molecule has 7 nitrogen and oxygen atoms in total. The van der Waals surface area contributed by atoms with Crippen molar-refractivity contribution >= 4 is 23.0 Å². The molecule has 2 aliphatic heterocycles. The lowest BCUT2D eigenvalue weighted by Gasteiger charge is -2.36. The molecule has 0 radical (unpaired) electrons. The topological polar surface area (TPSA) is 79.8 Å². The van der Waals surface area contributed by atoms with E-state index in [-0.39, 0.29) is 4.59 Å². The van der Waals surface area contributed by atoms with Crippen molar-refractivity contribution < 1.29 is 4.59 Å². The first kappa shape index (κ1) is 22.0. The van der Waals surface area contributed by atoms with Gasteiger partial charge in [0.15, 0.2) is 0 Å². The van der Waals surface area contributed by atoms with E-state index in [0.717, 1.165) is 70.0 Å². The van der Waals surface area contributed by atoms with Crippen LogP contribution in [0.25, 0.3) is 22.3 Å². The Morgan fingerprint density at radius 1 is 1.09 bits per heavy atom. The smallest absolute Gasteiger partial charge is 0.264 e. The van der Waals surface area contributed by atoms with Crippen LogP contribution in [0.4, 0.5) is 0 Å². The van der Waals surface area contributed by atoms with Gasteiger partial charge >= 0.3 is 0 Å². The summed E-state index contributed by atoms with van der Waals surface area (Å²) in [4.78, 5) is 21.3. The third kappa shape index (κ3) is 3.72. The second kappa shape index (κ2) is 8.30. The first-order chi connectivity index (χ1) is 16.9. The minimum Gasteiger partial charge on any atom is -0.309 e. The third-order valence-corrected chi connectivity index (χ3v) is 7.27. The number of nitrogens with two attached hydrogens (primary N) is 1. The van der Waals surface area contributed by atoms with E-state index < -0.39 is 0 Å². The molecule has 1 unspecified atom stereocenters. The van der Waals surface area contributed by atoms with Crippen molar-refractivity contribution in [3.8, 4) is 11.4 Å². The van der Waals surface area contributed by atoms with Crippen LogP contribution in [0.1, 0.15) is 24.0 Å². The standard InChI is InChI=1S/C28H30N7/c1-18-12-25(23-6-4-5-9-31-23)32-24-15-20(7-8-22(18)24)28-33-27(21-13-19(14-21)17-34(2)3)26-16-30-10-11-35(26,28)29/h4-12,15-16,19,21H,13-14,17,29H2,1-3H3/q+1. The number of rotatable bonds is 5. The summed E-state index contributed by atoms with van der Waals surface area (Å²) >= 11 is 0. The number of aryl methyl sites for hydroxylation is 1. The van der Waals surface area contributed by atoms with Crippen molar-refractivity contribution in [2.75, 3.05) is 20.6 Å². The van der Waals surface area contributed by atoms with Crippen molar-refractivity contribution in [1.29, 1.82) is 0 Å². The fraction of sp³-hybridized carbons (Fsp3) is 0.286. The van der Waals surface area contributed by atoms with Gasteiger partial charge in [0.2, 0.25) is 5.70 Å². The van der Waals surface area contributed by atoms with Crippen LogP contribution >= 0.6 is 0 Å². The Labute approximate surface area is 205 Å². The Morgan fingerprint density at radius 2 is 1.94 bits per heavy atom. The molecule has 1 aliphatic carbocycles. The Bertz CT molecular complexity index is 1430. The quantitative estimate of drug-likeness (QED) is 0.448. The molecule has 176 valence electrons. The van der Waals surface area contributed by atoms with Crippen molar-refractivity contribution in [3.63, 3.8) is 0 Å². The minimum absolute atomic E-state index is 0.0537. The molecule has 2 N–H and O–H groups in total. The third-order valence-electron chi connectivity index (χ3n) is 7.27. The molecule has 0 bridgehead atoms. The summed E-state index contributed by atoms with van der Waals surface area (Å²) in [5.74, 6) is 8.93. The maximum atomic E-state index is 6.99. The number of aromatic nitrogens is 2. The predicted molar refractivity (Wildman–Crippen MR) is 140 cm³/mol. The molecule has 4 heterocycles. The lowest BCUT2D eigenvalue weighted by atomic mass is 9.72. The van der Waals surface area contributed by atoms with Gasteiger partial charge in [-0.25, -0.2) is 4.98 Å². The van der Waals surface area contributed by atoms with E-state index in [1.54, 1.807) is 12.4 Å². The summed E-state index contributed by atoms with van der Waals surface area (Å²) in [7, 11) is 4.27. The highest BCUT2D eigenvalue weighted by Crippen LogP contribution is 2.45. The number of hydrogen-bond donors (Lipinski definition) is 1. The van der Waals surface area contributed by atoms with Gasteiger partial charge in [-0.3, -0.25) is 9.98 Å². The van der Waals surface area contributed by atoms with E-state index in [9.17, 15) is 0 Å². The molecule has 1 fully saturated rings. The maximum Gasteiger partial charge on any atom is 0.264 e. The second-order valence-electron chi connectivity index (χ2n) is 10.1. The normalized spacial score (nSPS) is 25.2. The molecule has 1 atom stereocenters. The van der Waals surface area contributed by atoms with Gasteiger partial charge in [0.1, 0.15) is 11.9 Å². The minimum atomic E-state index is 0.0537. The summed E-state index contributed by atoms with van der Waals surface area (Å²) in [5, 5.41) is 1.12. The molecule has 0 spiro atoms. The van der Waals surface area contributed by atoms with Gasteiger partial charge in [-0.1, -0.05) is 12.1 Å². The Balaban J connectivity index is 1.39. The summed E-state index contributed by atoms with van der Waals surface area (Å²) in [6.07, 6.45) is 9.64. The van der Waals surface area contributed by atoms with Crippen LogP contribution in [0.15, 0.2) is 82.4 Å². The monoisotopic (exact) mass is 464 g/mol. The first-order valence-corrected chi connectivity index (χ1v) is 12.1. The van der Waals surface area contributed by atoms with Crippen LogP contribution in [-0.2, 0) is 0 Å². The van der Waals surface area contributed by atoms with Gasteiger partial charge in [-0.05, 0) is 75.7 Å². The fourth-order valence-electron chi connectivity index (χ4n) is 5.52. The number of hydrogen-bond acceptors (Lipinski definition) is 6. The first-order valence-electron chi connectivity index (χ1n) is 12.1. The SMILES string of the molecule is Cc1cc(-c2ccccn2)nc2cc(C3=NC(C4CC(CN(C)C)C4)=C4C=NC=C[N+]34N)ccc12. The lowest BCUT2D eigenvalue weighted by molar-refractivity contribution is -0.750. The van der Waals surface area contributed by atoms with E-state index in [0.29, 0.717) is 11.8 Å². The zero-order chi connectivity index (χ0) is 24.2. The molecule has 1 saturated carbocycles. The van der Waals surface area contributed by atoms with Crippen molar-refractivity contribution in [2.24, 2.45) is 27.7 Å². The Morgan fingerprint density at radius 3 is 2.71 bits per heavy atom. The summed E-state index contributed by atoms with van der Waals surface area (Å²) in [6, 6.07) is 14.3. The van der Waals surface area contributed by atoms with Crippen LogP contribution in [0.3, 0.4) is 0 Å². The summed E-state index contributed by atoms with van der Waals surface area (Å²) in [6.45, 7) is 3.23. The highest BCUT2D eigenvalue weighted by Gasteiger charge is 2.48. The average Bonchev–Trinajstić information content (AvgIpc) is 3.13. The zero-order valence-electron chi connectivity index (χ0n) is 20.4. The number of aliphatic imine (C=N–C) groups is 2. The molecule has 35 heavy (non-hydrogen) atoms. The van der Waals surface area contributed by atoms with E-state index >= 15 is 0 Å². The molecular weight excluding hydrogens is 434 g/mol. The van der Waals surface area contributed by atoms with E-state index in [1.165, 1.54) is 0 Å². The number of nitrogens with zero attached hydrogens (tertiary/aromatic N) is 6. The number of benzene rings is 1. The largest absolute Gasteiger partial charge is 0.309 e. The molecule has 7 heteroatoms. The Hall–Kier alpha value is -3.52. The summed E-state index contributed by atoms with van der Waals surface area (Å²) < 4.78 is 0.0537. The predicted octanol–water partition coefficient (Wildman–Crippen LogP) is 4.41. The molecule has 6 rings (SSSR count). The summed E-state index contributed by atoms with van der Waals surface area (Å²) in [5.41, 5.74) is 6.83. The number of allylic oxidation sites excluding steroid dienone is 2. The van der Waals surface area contributed by atoms with Gasteiger partial charge in [-0.2, -0.15) is 10.8 Å². The average molecular weight is 465 g/mol. The molecule has 3 aromatic rings. The van der Waals surface area contributed by atoms with Gasteiger partial charge < -0.3 is 4.90 Å². The van der Waals surface area contributed by atoms with Crippen LogP contribution in [0.2, 0.25) is 0 Å². The van der Waals surface area contributed by atoms with Crippen molar-refractivity contribution in [3.05, 3.63) is 83.6 Å². The van der Waals surface area contributed by atoms with Crippen molar-refractivity contribution in [2.45, 2.75) is 19.8 Å². The van der Waals surface area contributed by atoms with Crippen LogP contribution in [0, 0.1) is 18.8 Å². The fourth-order valence-corrected chi connectivity index (χ4v) is 5.52. The second-order valence-corrected chi connectivity index (χ2v) is 10.1. The molecule has 3 aliphatic rings. The van der Waals surface area contributed by atoms with Crippen LogP contribution in [0.5, 0.6) is 0 Å². The van der Waals surface area contributed by atoms with E-state index in [2.05, 4.69) is 60.2 Å². The van der Waals surface area contributed by atoms with Gasteiger partial charge in [-0.15, -0.1) is 4.59 Å². The maximum absolute atomic E-state index is 6.99. The van der Waals surface area contributed by atoms with Gasteiger partial charge in [0, 0.05) is 24.0 Å². The molecule has 0 amide bonds.